The molecule has 1 saturated heterocycles. The van der Waals surface area contributed by atoms with Crippen molar-refractivity contribution >= 4 is 13.7 Å². The van der Waals surface area contributed by atoms with Gasteiger partial charge in [-0.1, -0.05) is 18.2 Å². The van der Waals surface area contributed by atoms with Gasteiger partial charge in [0.25, 0.3) is 5.56 Å². The van der Waals surface area contributed by atoms with E-state index in [-0.39, 0.29) is 5.75 Å². The van der Waals surface area contributed by atoms with Gasteiger partial charge in [0.2, 0.25) is 0 Å². The van der Waals surface area contributed by atoms with Gasteiger partial charge < -0.3 is 19.1 Å². The summed E-state index contributed by atoms with van der Waals surface area (Å²) >= 11 is 0. The number of halogens is 1. The van der Waals surface area contributed by atoms with Crippen LogP contribution < -0.4 is 20.9 Å². The number of aromatic nitrogens is 2. The smallest absolute Gasteiger partial charge is 0.459 e. The second-order valence-corrected chi connectivity index (χ2v) is 10.8. The number of nitrogens with one attached hydrogen (secondary N) is 2. The highest BCUT2D eigenvalue weighted by Crippen LogP contribution is 2.48. The van der Waals surface area contributed by atoms with E-state index >= 15 is 4.39 Å². The maximum Gasteiger partial charge on any atom is 0.459 e. The van der Waals surface area contributed by atoms with Gasteiger partial charge in [0.1, 0.15) is 17.4 Å². The number of alkyl halides is 1. The number of carbonyl (C=O) groups is 1. The van der Waals surface area contributed by atoms with Crippen LogP contribution in [0.3, 0.4) is 0 Å². The molecule has 12 nitrogen and oxygen atoms in total. The van der Waals surface area contributed by atoms with Gasteiger partial charge in [-0.05, 0) is 39.8 Å². The number of ether oxygens (including phenoxy) is 2. The van der Waals surface area contributed by atoms with Crippen LogP contribution in [0, 0.1) is 0 Å². The SMILES string of the molecule is CC(C)OC(=O)C(C)NP(=O)(OCCC1(O)COC(n2ccc(=O)[nH]c2=O)C1(C)F)Oc1ccccc1. The lowest BCUT2D eigenvalue weighted by atomic mass is 9.85. The van der Waals surface area contributed by atoms with E-state index in [0.29, 0.717) is 0 Å². The van der Waals surface area contributed by atoms with Crippen molar-refractivity contribution in [3.63, 3.8) is 0 Å². The summed E-state index contributed by atoms with van der Waals surface area (Å²) in [5.41, 5.74) is -6.25. The molecule has 0 amide bonds. The summed E-state index contributed by atoms with van der Waals surface area (Å²) in [6.07, 6.45) is -1.30. The lowest BCUT2D eigenvalue weighted by molar-refractivity contribution is -0.149. The first-order valence-electron chi connectivity index (χ1n) is 11.6. The zero-order valence-electron chi connectivity index (χ0n) is 20.9. The van der Waals surface area contributed by atoms with Crippen molar-refractivity contribution in [1.29, 1.82) is 0 Å². The third-order valence-corrected chi connectivity index (χ3v) is 7.44. The van der Waals surface area contributed by atoms with Crippen LogP contribution in [0.1, 0.15) is 40.3 Å². The van der Waals surface area contributed by atoms with Gasteiger partial charge in [0.05, 0.1) is 19.3 Å². The fourth-order valence-electron chi connectivity index (χ4n) is 3.68. The minimum absolute atomic E-state index is 0.179. The standard InChI is InChI=1S/C23H31FN3O9P/c1-15(2)35-19(29)16(3)26-37(32,36-17-8-6-5-7-9-17)34-13-11-23(31)14-33-20(22(23,4)24)27-12-10-18(28)25-21(27)30/h5-10,12,15-16,20,31H,11,13-14H2,1-4H3,(H,26,32)(H,25,28,30). The molecule has 0 radical (unpaired) electrons. The highest BCUT2D eigenvalue weighted by molar-refractivity contribution is 7.52. The van der Waals surface area contributed by atoms with Gasteiger partial charge in [0, 0.05) is 18.7 Å². The second-order valence-electron chi connectivity index (χ2n) is 9.11. The molecule has 0 aliphatic carbocycles. The molecule has 1 aliphatic rings. The molecule has 2 aromatic rings. The van der Waals surface area contributed by atoms with Crippen molar-refractivity contribution in [2.75, 3.05) is 13.2 Å². The minimum atomic E-state index is -4.23. The van der Waals surface area contributed by atoms with Crippen molar-refractivity contribution in [3.05, 3.63) is 63.4 Å². The van der Waals surface area contributed by atoms with Crippen molar-refractivity contribution in [2.24, 2.45) is 0 Å². The Hall–Kier alpha value is -2.83. The molecule has 2 heterocycles. The predicted octanol–water partition coefficient (Wildman–Crippen LogP) is 2.05. The Morgan fingerprint density at radius 3 is 2.59 bits per heavy atom. The molecule has 1 aromatic carbocycles. The van der Waals surface area contributed by atoms with Gasteiger partial charge in [-0.2, -0.15) is 5.09 Å². The number of hydrogen-bond donors (Lipinski definition) is 3. The Morgan fingerprint density at radius 1 is 1.30 bits per heavy atom. The summed E-state index contributed by atoms with van der Waals surface area (Å²) in [4.78, 5) is 37.7. The minimum Gasteiger partial charge on any atom is -0.462 e. The lowest BCUT2D eigenvalue weighted by Crippen LogP contribution is -2.52. The van der Waals surface area contributed by atoms with Crippen molar-refractivity contribution in [2.45, 2.75) is 63.8 Å². The normalized spacial score (nSPS) is 26.0. The Morgan fingerprint density at radius 2 is 1.97 bits per heavy atom. The van der Waals surface area contributed by atoms with E-state index in [2.05, 4.69) is 5.09 Å². The van der Waals surface area contributed by atoms with E-state index < -0.39 is 74.2 Å². The number of para-hydroxylation sites is 1. The predicted molar refractivity (Wildman–Crippen MR) is 130 cm³/mol. The van der Waals surface area contributed by atoms with E-state index in [4.69, 9.17) is 18.5 Å². The van der Waals surface area contributed by atoms with Gasteiger partial charge in [-0.15, -0.1) is 0 Å². The third-order valence-electron chi connectivity index (χ3n) is 5.76. The number of nitrogens with zero attached hydrogens (tertiary/aromatic N) is 1. The molecular formula is C23H31FN3O9P. The summed E-state index contributed by atoms with van der Waals surface area (Å²) in [5.74, 6) is -0.512. The topological polar surface area (TPSA) is 158 Å². The van der Waals surface area contributed by atoms with Crippen LogP contribution in [-0.2, 0) is 23.4 Å². The van der Waals surface area contributed by atoms with E-state index in [9.17, 15) is 24.1 Å². The molecule has 0 saturated carbocycles. The van der Waals surface area contributed by atoms with Gasteiger partial charge in [0.15, 0.2) is 11.9 Å². The molecule has 0 spiro atoms. The van der Waals surface area contributed by atoms with E-state index in [1.54, 1.807) is 32.0 Å². The van der Waals surface area contributed by atoms with Crippen LogP contribution in [-0.4, -0.2) is 57.3 Å². The van der Waals surface area contributed by atoms with E-state index in [0.717, 1.165) is 23.8 Å². The third kappa shape index (κ3) is 6.74. The van der Waals surface area contributed by atoms with Crippen LogP contribution in [0.4, 0.5) is 4.39 Å². The van der Waals surface area contributed by atoms with Crippen molar-refractivity contribution in [1.82, 2.24) is 14.6 Å². The Bertz CT molecular complexity index is 1250. The van der Waals surface area contributed by atoms with Crippen molar-refractivity contribution in [3.8, 4) is 5.75 Å². The first-order valence-corrected chi connectivity index (χ1v) is 13.1. The van der Waals surface area contributed by atoms with Gasteiger partial charge in [-0.3, -0.25) is 23.7 Å². The Labute approximate surface area is 212 Å². The summed E-state index contributed by atoms with van der Waals surface area (Å²) < 4.78 is 51.7. The largest absolute Gasteiger partial charge is 0.462 e. The number of benzene rings is 1. The quantitative estimate of drug-likeness (QED) is 0.283. The number of carbonyl (C=O) groups excluding carboxylic acids is 1. The van der Waals surface area contributed by atoms with E-state index in [1.807, 2.05) is 4.98 Å². The van der Waals surface area contributed by atoms with Gasteiger partial charge >= 0.3 is 19.4 Å². The number of H-pyrrole nitrogens is 1. The molecule has 14 heteroatoms. The molecule has 5 atom stereocenters. The van der Waals surface area contributed by atoms with Gasteiger partial charge in [-0.25, -0.2) is 13.8 Å². The monoisotopic (exact) mass is 543 g/mol. The maximum absolute atomic E-state index is 15.8. The summed E-state index contributed by atoms with van der Waals surface area (Å²) in [5, 5.41) is 13.6. The zero-order chi connectivity index (χ0) is 27.4. The Kier molecular flexibility index (Phi) is 8.76. The summed E-state index contributed by atoms with van der Waals surface area (Å²) in [7, 11) is -4.23. The lowest BCUT2D eigenvalue weighted by Gasteiger charge is -2.34. The number of aliphatic hydroxyl groups is 1. The zero-order valence-corrected chi connectivity index (χ0v) is 21.8. The summed E-state index contributed by atoms with van der Waals surface area (Å²) in [6, 6.07) is 7.99. The van der Waals surface area contributed by atoms with E-state index in [1.165, 1.54) is 19.1 Å². The van der Waals surface area contributed by atoms with Crippen LogP contribution in [0.25, 0.3) is 0 Å². The highest BCUT2D eigenvalue weighted by Gasteiger charge is 2.60. The molecule has 1 aromatic heterocycles. The second kappa shape index (κ2) is 11.3. The van der Waals surface area contributed by atoms with Crippen LogP contribution in [0.2, 0.25) is 0 Å². The molecule has 0 bridgehead atoms. The average molecular weight is 543 g/mol. The van der Waals surface area contributed by atoms with Crippen LogP contribution >= 0.6 is 7.75 Å². The molecule has 3 N–H and O–H groups in total. The fourth-order valence-corrected chi connectivity index (χ4v) is 5.17. The number of aromatic amines is 1. The summed E-state index contributed by atoms with van der Waals surface area (Å²) in [6.45, 7) is 4.79. The van der Waals surface area contributed by atoms with Crippen LogP contribution in [0.15, 0.2) is 52.2 Å². The molecule has 204 valence electrons. The number of esters is 1. The first kappa shape index (κ1) is 28.7. The molecular weight excluding hydrogens is 512 g/mol. The molecule has 5 unspecified atom stereocenters. The maximum atomic E-state index is 15.8. The van der Waals surface area contributed by atoms with Crippen LogP contribution in [0.5, 0.6) is 5.75 Å². The molecule has 3 rings (SSSR count). The Balaban J connectivity index is 1.74. The molecule has 1 aliphatic heterocycles. The molecule has 37 heavy (non-hydrogen) atoms. The fraction of sp³-hybridized carbons (Fsp3) is 0.522. The number of hydrogen-bond acceptors (Lipinski definition) is 9. The average Bonchev–Trinajstić information content (AvgIpc) is 3.02. The van der Waals surface area contributed by atoms with Crippen molar-refractivity contribution < 1.29 is 37.4 Å². The first-order chi connectivity index (χ1) is 17.3. The number of rotatable bonds is 11. The molecule has 1 fully saturated rings. The highest BCUT2D eigenvalue weighted by atomic mass is 31.2.